The quantitative estimate of drug-likeness (QED) is 0.784. The monoisotopic (exact) mass is 376 g/mol. The molecule has 0 bridgehead atoms. The molecule has 0 aliphatic heterocycles. The second-order valence-electron chi connectivity index (χ2n) is 6.85. The maximum atomic E-state index is 12.7. The number of aliphatic hydroxyl groups is 1. The molecule has 140 valence electrons. The van der Waals surface area contributed by atoms with E-state index in [1.807, 2.05) is 31.1 Å². The Hall–Kier alpha value is -2.05. The lowest BCUT2D eigenvalue weighted by Gasteiger charge is -2.27. The van der Waals surface area contributed by atoms with Crippen molar-refractivity contribution >= 4 is 29.0 Å². The molecule has 1 amide bonds. The molecule has 1 heterocycles. The van der Waals surface area contributed by atoms with Gasteiger partial charge in [-0.3, -0.25) is 9.48 Å². The summed E-state index contributed by atoms with van der Waals surface area (Å²) in [4.78, 5) is 14.6. The van der Waals surface area contributed by atoms with Crippen molar-refractivity contribution in [2.45, 2.75) is 38.3 Å². The average molecular weight is 377 g/mol. The number of benzene rings is 1. The molecule has 3 rings (SSSR count). The van der Waals surface area contributed by atoms with Crippen molar-refractivity contribution < 1.29 is 9.90 Å². The predicted molar refractivity (Wildman–Crippen MR) is 103 cm³/mol. The molecule has 6 nitrogen and oxygen atoms in total. The lowest BCUT2D eigenvalue weighted by atomic mass is 9.88. The van der Waals surface area contributed by atoms with Gasteiger partial charge in [-0.15, -0.1) is 0 Å². The van der Waals surface area contributed by atoms with E-state index < -0.39 is 6.23 Å². The van der Waals surface area contributed by atoms with E-state index in [4.69, 9.17) is 11.6 Å². The number of amides is 1. The molecule has 2 N–H and O–H groups in total. The van der Waals surface area contributed by atoms with Crippen molar-refractivity contribution in [3.8, 4) is 0 Å². The van der Waals surface area contributed by atoms with Crippen LogP contribution in [0.5, 0.6) is 0 Å². The molecule has 1 aliphatic rings. The standard InChI is InChI=1S/C19H25ClN4O2/c1-23(17-10-11-21-24(17)2)14-8-9-16(20)15(12-14)19(26)22-18(25)13-6-4-3-5-7-13/h8-13,18,25H,3-7H2,1-2H3,(H,22,26). The van der Waals surface area contributed by atoms with Crippen LogP contribution in [0.15, 0.2) is 30.5 Å². The Bertz CT molecular complexity index is 771. The third kappa shape index (κ3) is 4.02. The normalized spacial score (nSPS) is 16.3. The van der Waals surface area contributed by atoms with E-state index in [-0.39, 0.29) is 11.8 Å². The van der Waals surface area contributed by atoms with Crippen LogP contribution in [-0.2, 0) is 7.05 Å². The average Bonchev–Trinajstić information content (AvgIpc) is 3.08. The summed E-state index contributed by atoms with van der Waals surface area (Å²) >= 11 is 6.24. The number of aromatic nitrogens is 2. The third-order valence-electron chi connectivity index (χ3n) is 5.10. The van der Waals surface area contributed by atoms with Crippen molar-refractivity contribution in [1.82, 2.24) is 15.1 Å². The Balaban J connectivity index is 1.76. The van der Waals surface area contributed by atoms with Crippen molar-refractivity contribution in [2.75, 3.05) is 11.9 Å². The van der Waals surface area contributed by atoms with Gasteiger partial charge >= 0.3 is 0 Å². The molecule has 1 atom stereocenters. The molecule has 1 fully saturated rings. The third-order valence-corrected chi connectivity index (χ3v) is 5.43. The lowest BCUT2D eigenvalue weighted by Crippen LogP contribution is -2.41. The second kappa shape index (κ2) is 8.10. The minimum Gasteiger partial charge on any atom is -0.373 e. The molecule has 0 radical (unpaired) electrons. The first kappa shape index (κ1) is 18.7. The summed E-state index contributed by atoms with van der Waals surface area (Å²) < 4.78 is 1.75. The minimum atomic E-state index is -0.836. The number of carbonyl (C=O) groups excluding carboxylic acids is 1. The number of carbonyl (C=O) groups is 1. The fourth-order valence-electron chi connectivity index (χ4n) is 3.50. The summed E-state index contributed by atoms with van der Waals surface area (Å²) in [7, 11) is 3.76. The van der Waals surface area contributed by atoms with E-state index in [0.717, 1.165) is 37.2 Å². The van der Waals surface area contributed by atoms with E-state index in [0.29, 0.717) is 10.6 Å². The molecule has 1 saturated carbocycles. The van der Waals surface area contributed by atoms with Gasteiger partial charge in [0.05, 0.1) is 16.8 Å². The topological polar surface area (TPSA) is 70.4 Å². The first-order valence-corrected chi connectivity index (χ1v) is 9.35. The minimum absolute atomic E-state index is 0.117. The maximum absolute atomic E-state index is 12.7. The Kier molecular flexibility index (Phi) is 5.84. The smallest absolute Gasteiger partial charge is 0.254 e. The summed E-state index contributed by atoms with van der Waals surface area (Å²) in [6, 6.07) is 7.18. The molecule has 26 heavy (non-hydrogen) atoms. The second-order valence-corrected chi connectivity index (χ2v) is 7.26. The summed E-state index contributed by atoms with van der Waals surface area (Å²) in [6.07, 6.45) is 6.17. The zero-order chi connectivity index (χ0) is 18.7. The number of nitrogens with one attached hydrogen (secondary N) is 1. The van der Waals surface area contributed by atoms with E-state index >= 15 is 0 Å². The van der Waals surface area contributed by atoms with Crippen LogP contribution in [-0.4, -0.2) is 34.1 Å². The van der Waals surface area contributed by atoms with Crippen LogP contribution in [0.2, 0.25) is 5.02 Å². The number of halogens is 1. The van der Waals surface area contributed by atoms with Crippen LogP contribution in [0.3, 0.4) is 0 Å². The van der Waals surface area contributed by atoms with Crippen molar-refractivity contribution in [3.05, 3.63) is 41.0 Å². The van der Waals surface area contributed by atoms with Gasteiger partial charge in [-0.25, -0.2) is 0 Å². The summed E-state index contributed by atoms with van der Waals surface area (Å²) in [5, 5.41) is 17.6. The number of rotatable bonds is 5. The summed E-state index contributed by atoms with van der Waals surface area (Å²) in [5.74, 6) is 0.654. The van der Waals surface area contributed by atoms with Crippen molar-refractivity contribution in [1.29, 1.82) is 0 Å². The highest BCUT2D eigenvalue weighted by Gasteiger charge is 2.24. The fourth-order valence-corrected chi connectivity index (χ4v) is 3.71. The number of aliphatic hydroxyl groups excluding tert-OH is 1. The van der Waals surface area contributed by atoms with Crippen molar-refractivity contribution in [2.24, 2.45) is 13.0 Å². The lowest BCUT2D eigenvalue weighted by molar-refractivity contribution is 0.0463. The molecule has 1 aromatic carbocycles. The van der Waals surface area contributed by atoms with Gasteiger partial charge in [0.25, 0.3) is 5.91 Å². The van der Waals surface area contributed by atoms with Gasteiger partial charge in [-0.2, -0.15) is 5.10 Å². The van der Waals surface area contributed by atoms with Gasteiger partial charge in [0.15, 0.2) is 0 Å². The van der Waals surface area contributed by atoms with Crippen LogP contribution in [0.4, 0.5) is 11.5 Å². The first-order chi connectivity index (χ1) is 12.5. The first-order valence-electron chi connectivity index (χ1n) is 8.97. The van der Waals surface area contributed by atoms with Gasteiger partial charge in [-0.1, -0.05) is 30.9 Å². The highest BCUT2D eigenvalue weighted by atomic mass is 35.5. The summed E-state index contributed by atoms with van der Waals surface area (Å²) in [5.41, 5.74) is 1.17. The molecule has 1 aromatic heterocycles. The Morgan fingerprint density at radius 2 is 2.08 bits per heavy atom. The number of anilines is 2. The van der Waals surface area contributed by atoms with Gasteiger partial charge < -0.3 is 15.3 Å². The molecular formula is C19H25ClN4O2. The van der Waals surface area contributed by atoms with Gasteiger partial charge in [0.2, 0.25) is 0 Å². The van der Waals surface area contributed by atoms with Gasteiger partial charge in [0.1, 0.15) is 12.0 Å². The van der Waals surface area contributed by atoms with Gasteiger partial charge in [-0.05, 0) is 31.0 Å². The summed E-state index contributed by atoms with van der Waals surface area (Å²) in [6.45, 7) is 0. The van der Waals surface area contributed by atoms with Crippen LogP contribution < -0.4 is 10.2 Å². The highest BCUT2D eigenvalue weighted by Crippen LogP contribution is 2.29. The van der Waals surface area contributed by atoms with Crippen LogP contribution in [0.25, 0.3) is 0 Å². The number of aryl methyl sites for hydroxylation is 1. The molecule has 0 spiro atoms. The fraction of sp³-hybridized carbons (Fsp3) is 0.474. The Morgan fingerprint density at radius 1 is 1.35 bits per heavy atom. The molecule has 7 heteroatoms. The largest absolute Gasteiger partial charge is 0.373 e. The Labute approximate surface area is 158 Å². The van der Waals surface area contributed by atoms with Crippen molar-refractivity contribution in [3.63, 3.8) is 0 Å². The molecule has 1 unspecified atom stereocenters. The van der Waals surface area contributed by atoms with E-state index in [2.05, 4.69) is 10.4 Å². The molecule has 2 aromatic rings. The maximum Gasteiger partial charge on any atom is 0.254 e. The number of hydrogen-bond acceptors (Lipinski definition) is 4. The van der Waals surface area contributed by atoms with Crippen LogP contribution >= 0.6 is 11.6 Å². The number of hydrogen-bond donors (Lipinski definition) is 2. The molecule has 0 saturated heterocycles. The number of nitrogens with zero attached hydrogens (tertiary/aromatic N) is 3. The Morgan fingerprint density at radius 3 is 2.73 bits per heavy atom. The van der Waals surface area contributed by atoms with Crippen LogP contribution in [0.1, 0.15) is 42.5 Å². The zero-order valence-corrected chi connectivity index (χ0v) is 15.9. The van der Waals surface area contributed by atoms with E-state index in [1.54, 1.807) is 23.0 Å². The zero-order valence-electron chi connectivity index (χ0n) is 15.2. The van der Waals surface area contributed by atoms with Gasteiger partial charge in [0, 0.05) is 31.8 Å². The SMILES string of the molecule is CN(c1ccc(Cl)c(C(=O)NC(O)C2CCCCC2)c1)c1ccnn1C. The molecule has 1 aliphatic carbocycles. The van der Waals surface area contributed by atoms with E-state index in [9.17, 15) is 9.90 Å². The predicted octanol–water partition coefficient (Wildman–Crippen LogP) is 3.47. The molecular weight excluding hydrogens is 352 g/mol. The van der Waals surface area contributed by atoms with E-state index in [1.165, 1.54) is 6.42 Å². The highest BCUT2D eigenvalue weighted by molar-refractivity contribution is 6.34. The van der Waals surface area contributed by atoms with Crippen LogP contribution in [0, 0.1) is 5.92 Å².